The van der Waals surface area contributed by atoms with E-state index in [-0.39, 0.29) is 18.2 Å². The van der Waals surface area contributed by atoms with E-state index in [4.69, 9.17) is 0 Å². The van der Waals surface area contributed by atoms with Crippen LogP contribution < -0.4 is 0 Å². The summed E-state index contributed by atoms with van der Waals surface area (Å²) in [6.07, 6.45) is 34.6. The van der Waals surface area contributed by atoms with Crippen LogP contribution in [0.3, 0.4) is 0 Å². The maximum absolute atomic E-state index is 13.0. The molecule has 0 unspecified atom stereocenters. The molecule has 0 aromatic heterocycles. The molecule has 0 fully saturated rings. The second-order valence-electron chi connectivity index (χ2n) is 13.0. The van der Waals surface area contributed by atoms with Crippen molar-refractivity contribution in [3.8, 4) is 0 Å². The lowest BCUT2D eigenvalue weighted by Gasteiger charge is -2.22. The molecule has 41 heavy (non-hydrogen) atoms. The summed E-state index contributed by atoms with van der Waals surface area (Å²) < 4.78 is 0. The molecule has 4 heteroatoms. The Kier molecular flexibility index (Phi) is 31.6. The van der Waals surface area contributed by atoms with Gasteiger partial charge in [0.15, 0.2) is 0 Å². The van der Waals surface area contributed by atoms with Gasteiger partial charge in [-0.1, -0.05) is 168 Å². The van der Waals surface area contributed by atoms with Crippen LogP contribution in [0.1, 0.15) is 194 Å². The van der Waals surface area contributed by atoms with E-state index in [1.54, 1.807) is 0 Å². The third-order valence-electron chi connectivity index (χ3n) is 8.81. The van der Waals surface area contributed by atoms with Crippen LogP contribution in [-0.2, 0) is 9.59 Å². The molecular formula is C37H73NO3. The summed E-state index contributed by atoms with van der Waals surface area (Å²) in [4.78, 5) is 28.0. The van der Waals surface area contributed by atoms with Crippen molar-refractivity contribution in [2.24, 2.45) is 5.92 Å². The lowest BCUT2D eigenvalue weighted by atomic mass is 9.91. The molecule has 0 aromatic carbocycles. The Hall–Kier alpha value is -0.740. The van der Waals surface area contributed by atoms with E-state index in [1.807, 2.05) is 11.9 Å². The molecule has 0 amide bonds. The van der Waals surface area contributed by atoms with Crippen molar-refractivity contribution in [2.45, 2.75) is 194 Å². The van der Waals surface area contributed by atoms with Crippen molar-refractivity contribution < 1.29 is 14.7 Å². The average molecular weight is 580 g/mol. The van der Waals surface area contributed by atoms with Crippen LogP contribution in [-0.4, -0.2) is 48.3 Å². The molecule has 0 aliphatic rings. The minimum atomic E-state index is -0.513. The van der Waals surface area contributed by atoms with Gasteiger partial charge < -0.3 is 10.0 Å². The molecule has 0 bridgehead atoms. The largest absolute Gasteiger partial charge is 0.395 e. The maximum atomic E-state index is 13.0. The summed E-state index contributed by atoms with van der Waals surface area (Å²) in [5, 5.41) is 9.29. The number of likely N-dealkylation sites (N-methyl/N-ethyl adjacent to an activating group) is 1. The summed E-state index contributed by atoms with van der Waals surface area (Å²) in [6, 6.07) is 0. The number of nitrogens with zero attached hydrogens (tertiary/aromatic N) is 1. The Morgan fingerprint density at radius 1 is 0.488 bits per heavy atom. The van der Waals surface area contributed by atoms with E-state index < -0.39 is 5.92 Å². The molecule has 0 atom stereocenters. The zero-order valence-electron chi connectivity index (χ0n) is 28.2. The molecule has 0 spiro atoms. The quantitative estimate of drug-likeness (QED) is 0.0608. The number of hydrogen-bond acceptors (Lipinski definition) is 4. The summed E-state index contributed by atoms with van der Waals surface area (Å²) in [6.45, 7) is 5.56. The lowest BCUT2D eigenvalue weighted by Crippen LogP contribution is -2.37. The average Bonchev–Trinajstić information content (AvgIpc) is 2.96. The molecule has 0 heterocycles. The normalized spacial score (nSPS) is 11.7. The van der Waals surface area contributed by atoms with E-state index in [1.165, 1.54) is 141 Å². The number of hydrogen-bond donors (Lipinski definition) is 1. The predicted octanol–water partition coefficient (Wildman–Crippen LogP) is 10.6. The van der Waals surface area contributed by atoms with Gasteiger partial charge in [-0.05, 0) is 19.9 Å². The summed E-state index contributed by atoms with van der Waals surface area (Å²) in [5.41, 5.74) is 0. The van der Waals surface area contributed by atoms with Crippen LogP contribution in [0.25, 0.3) is 0 Å². The van der Waals surface area contributed by atoms with Crippen molar-refractivity contribution in [3.63, 3.8) is 0 Å². The molecule has 4 nitrogen and oxygen atoms in total. The topological polar surface area (TPSA) is 57.6 Å². The first-order valence-corrected chi connectivity index (χ1v) is 18.4. The number of aliphatic hydroxyl groups is 1. The summed E-state index contributed by atoms with van der Waals surface area (Å²) >= 11 is 0. The Balaban J connectivity index is 4.01. The van der Waals surface area contributed by atoms with Gasteiger partial charge in [0.2, 0.25) is 0 Å². The van der Waals surface area contributed by atoms with Gasteiger partial charge in [-0.25, -0.2) is 0 Å². The number of rotatable bonds is 34. The third kappa shape index (κ3) is 27.8. The molecule has 0 radical (unpaired) electrons. The highest BCUT2D eigenvalue weighted by Crippen LogP contribution is 2.18. The number of ketones is 2. The molecule has 0 saturated heterocycles. The Morgan fingerprint density at radius 2 is 0.756 bits per heavy atom. The van der Waals surface area contributed by atoms with Gasteiger partial charge in [0, 0.05) is 25.9 Å². The zero-order chi connectivity index (χ0) is 30.2. The number of unbranched alkanes of at least 4 members (excludes halogenated alkanes) is 24. The smallest absolute Gasteiger partial charge is 0.144 e. The molecule has 0 rings (SSSR count). The predicted molar refractivity (Wildman–Crippen MR) is 179 cm³/mol. The van der Waals surface area contributed by atoms with Crippen LogP contribution in [0.4, 0.5) is 0 Å². The molecule has 0 saturated carbocycles. The van der Waals surface area contributed by atoms with Gasteiger partial charge in [0.05, 0.1) is 12.5 Å². The number of aliphatic hydroxyl groups excluding tert-OH is 1. The Labute approximate surface area is 257 Å². The first-order chi connectivity index (χ1) is 20.1. The second kappa shape index (κ2) is 32.2. The molecule has 0 aliphatic carbocycles. The van der Waals surface area contributed by atoms with Crippen LogP contribution in [0, 0.1) is 5.92 Å². The van der Waals surface area contributed by atoms with Crippen LogP contribution >= 0.6 is 0 Å². The van der Waals surface area contributed by atoms with Gasteiger partial charge in [0.1, 0.15) is 11.6 Å². The van der Waals surface area contributed by atoms with Crippen LogP contribution in [0.2, 0.25) is 0 Å². The van der Waals surface area contributed by atoms with Crippen molar-refractivity contribution in [2.75, 3.05) is 26.7 Å². The fourth-order valence-electron chi connectivity index (χ4n) is 5.94. The molecule has 0 aliphatic heterocycles. The minimum Gasteiger partial charge on any atom is -0.395 e. The monoisotopic (exact) mass is 580 g/mol. The van der Waals surface area contributed by atoms with Gasteiger partial charge in [-0.2, -0.15) is 0 Å². The summed E-state index contributed by atoms with van der Waals surface area (Å²) in [5.74, 6) is -0.267. The van der Waals surface area contributed by atoms with Crippen molar-refractivity contribution >= 4 is 11.6 Å². The molecule has 1 N–H and O–H groups in total. The standard InChI is InChI=1S/C37H73NO3/c1-4-6-8-10-12-14-16-18-20-22-24-26-28-30-36(40)35(34-38(3)32-33-39)37(41)31-29-27-25-23-21-19-17-15-13-11-9-7-5-2/h35,39H,4-34H2,1-3H3. The number of carbonyl (C=O) groups is 2. The van der Waals surface area contributed by atoms with E-state index in [0.29, 0.717) is 25.9 Å². The highest BCUT2D eigenvalue weighted by molar-refractivity contribution is 6.02. The number of Topliss-reactive ketones (excluding diaryl/α,β-unsaturated/α-hetero) is 2. The third-order valence-corrected chi connectivity index (χ3v) is 8.81. The number of carbonyl (C=O) groups excluding carboxylic acids is 2. The Morgan fingerprint density at radius 3 is 1.02 bits per heavy atom. The minimum absolute atomic E-state index is 0.0588. The SMILES string of the molecule is CCCCCCCCCCCCCCCC(=O)C(CN(C)CCO)C(=O)CCCCCCCCCCCCCCC. The highest BCUT2D eigenvalue weighted by Gasteiger charge is 2.26. The first kappa shape index (κ1) is 40.3. The maximum Gasteiger partial charge on any atom is 0.144 e. The first-order valence-electron chi connectivity index (χ1n) is 18.4. The fraction of sp³-hybridized carbons (Fsp3) is 0.946. The Bertz CT molecular complexity index is 522. The fourth-order valence-corrected chi connectivity index (χ4v) is 5.94. The van der Waals surface area contributed by atoms with Crippen LogP contribution in [0.15, 0.2) is 0 Å². The molecule has 0 aromatic rings. The van der Waals surface area contributed by atoms with E-state index >= 15 is 0 Å². The van der Waals surface area contributed by atoms with Crippen molar-refractivity contribution in [1.29, 1.82) is 0 Å². The van der Waals surface area contributed by atoms with Gasteiger partial charge in [-0.15, -0.1) is 0 Å². The highest BCUT2D eigenvalue weighted by atomic mass is 16.3. The zero-order valence-corrected chi connectivity index (χ0v) is 28.2. The van der Waals surface area contributed by atoms with Gasteiger partial charge in [-0.3, -0.25) is 9.59 Å². The lowest BCUT2D eigenvalue weighted by molar-refractivity contribution is -0.133. The molecular weight excluding hydrogens is 506 g/mol. The van der Waals surface area contributed by atoms with E-state index in [2.05, 4.69) is 13.8 Å². The summed E-state index contributed by atoms with van der Waals surface area (Å²) in [7, 11) is 1.90. The van der Waals surface area contributed by atoms with Crippen molar-refractivity contribution in [1.82, 2.24) is 4.90 Å². The second-order valence-corrected chi connectivity index (χ2v) is 13.0. The molecule has 244 valence electrons. The van der Waals surface area contributed by atoms with Crippen LogP contribution in [0.5, 0.6) is 0 Å². The van der Waals surface area contributed by atoms with E-state index in [9.17, 15) is 14.7 Å². The van der Waals surface area contributed by atoms with Gasteiger partial charge in [0.25, 0.3) is 0 Å². The van der Waals surface area contributed by atoms with Gasteiger partial charge >= 0.3 is 0 Å². The van der Waals surface area contributed by atoms with E-state index in [0.717, 1.165) is 25.7 Å². The van der Waals surface area contributed by atoms with Crippen molar-refractivity contribution in [3.05, 3.63) is 0 Å².